The van der Waals surface area contributed by atoms with Gasteiger partial charge in [0.15, 0.2) is 6.61 Å². The molecular weight excluding hydrogens is 503 g/mol. The van der Waals surface area contributed by atoms with Gasteiger partial charge in [-0.15, -0.1) is 0 Å². The standard InChI is InChI=1S/C34H25FN2O3/c1-21-18-27(22(2)37(21)32-17-8-6-15-29(32)35)33(38)20-40-34(39)28-19-31(36-30-16-7-5-13-26(28)30)25-14-9-11-23-10-3-4-12-24(23)25/h3-19H,20H2,1-2H3. The maximum Gasteiger partial charge on any atom is 0.339 e. The normalized spacial score (nSPS) is 11.2. The van der Waals surface area contributed by atoms with Gasteiger partial charge >= 0.3 is 5.97 Å². The molecule has 0 aliphatic carbocycles. The zero-order valence-electron chi connectivity index (χ0n) is 22.0. The van der Waals surface area contributed by atoms with Crippen LogP contribution in [0.2, 0.25) is 0 Å². The van der Waals surface area contributed by atoms with Crippen molar-refractivity contribution in [2.24, 2.45) is 0 Å². The number of rotatable bonds is 6. The van der Waals surface area contributed by atoms with Gasteiger partial charge in [-0.05, 0) is 55.0 Å². The number of carbonyl (C=O) groups is 2. The zero-order valence-corrected chi connectivity index (χ0v) is 22.0. The van der Waals surface area contributed by atoms with Crippen LogP contribution in [0.25, 0.3) is 38.6 Å². The fourth-order valence-corrected chi connectivity index (χ4v) is 5.27. The molecule has 0 spiro atoms. The van der Waals surface area contributed by atoms with Gasteiger partial charge in [0.1, 0.15) is 5.82 Å². The highest BCUT2D eigenvalue weighted by molar-refractivity contribution is 6.07. The van der Waals surface area contributed by atoms with Crippen molar-refractivity contribution in [3.05, 3.63) is 131 Å². The number of benzene rings is 4. The van der Waals surface area contributed by atoms with Crippen LogP contribution in [0.1, 0.15) is 32.1 Å². The number of para-hydroxylation sites is 2. The van der Waals surface area contributed by atoms with Gasteiger partial charge < -0.3 is 9.30 Å². The van der Waals surface area contributed by atoms with Crippen molar-refractivity contribution in [3.8, 4) is 16.9 Å². The maximum absolute atomic E-state index is 14.5. The van der Waals surface area contributed by atoms with Crippen molar-refractivity contribution in [1.82, 2.24) is 9.55 Å². The molecule has 0 saturated heterocycles. The van der Waals surface area contributed by atoms with Gasteiger partial charge in [-0.3, -0.25) is 4.79 Å². The molecule has 0 amide bonds. The van der Waals surface area contributed by atoms with E-state index in [9.17, 15) is 14.0 Å². The molecule has 5 nitrogen and oxygen atoms in total. The third-order valence-corrected chi connectivity index (χ3v) is 7.16. The summed E-state index contributed by atoms with van der Waals surface area (Å²) in [5, 5.41) is 2.73. The van der Waals surface area contributed by atoms with Crippen LogP contribution in [0, 0.1) is 19.7 Å². The number of ether oxygens (including phenoxy) is 1. The monoisotopic (exact) mass is 528 g/mol. The first-order valence-corrected chi connectivity index (χ1v) is 12.9. The van der Waals surface area contributed by atoms with Crippen LogP contribution in [-0.4, -0.2) is 27.9 Å². The Morgan fingerprint density at radius 3 is 2.33 bits per heavy atom. The summed E-state index contributed by atoms with van der Waals surface area (Å²) in [5.41, 5.74) is 4.55. The number of hydrogen-bond donors (Lipinski definition) is 0. The number of Topliss-reactive ketones (excluding diaryl/α,β-unsaturated/α-hetero) is 1. The van der Waals surface area contributed by atoms with Crippen molar-refractivity contribution < 1.29 is 18.7 Å². The number of aryl methyl sites for hydroxylation is 1. The summed E-state index contributed by atoms with van der Waals surface area (Å²) in [6.07, 6.45) is 0. The number of ketones is 1. The van der Waals surface area contributed by atoms with E-state index in [0.29, 0.717) is 44.8 Å². The summed E-state index contributed by atoms with van der Waals surface area (Å²) >= 11 is 0. The lowest BCUT2D eigenvalue weighted by Gasteiger charge is -2.12. The molecule has 0 atom stereocenters. The number of pyridine rings is 1. The van der Waals surface area contributed by atoms with Gasteiger partial charge in [0.25, 0.3) is 0 Å². The average molecular weight is 529 g/mol. The molecule has 6 rings (SSSR count). The van der Waals surface area contributed by atoms with Crippen LogP contribution in [0.3, 0.4) is 0 Å². The van der Waals surface area contributed by atoms with Crippen LogP contribution in [0.4, 0.5) is 4.39 Å². The molecule has 0 unspecified atom stereocenters. The van der Waals surface area contributed by atoms with Crippen LogP contribution >= 0.6 is 0 Å². The lowest BCUT2D eigenvalue weighted by Crippen LogP contribution is -2.15. The molecule has 196 valence electrons. The predicted octanol–water partition coefficient (Wildman–Crippen LogP) is 7.64. The first-order chi connectivity index (χ1) is 19.4. The summed E-state index contributed by atoms with van der Waals surface area (Å²) in [5.74, 6) is -1.37. The number of halogens is 1. The van der Waals surface area contributed by atoms with Gasteiger partial charge in [-0.25, -0.2) is 14.2 Å². The zero-order chi connectivity index (χ0) is 27.8. The first kappa shape index (κ1) is 25.2. The van der Waals surface area contributed by atoms with Gasteiger partial charge in [0, 0.05) is 27.9 Å². The van der Waals surface area contributed by atoms with Crippen LogP contribution in [0.15, 0.2) is 103 Å². The molecule has 4 aromatic carbocycles. The number of fused-ring (bicyclic) bond motifs is 2. The Morgan fingerprint density at radius 2 is 1.50 bits per heavy atom. The second-order valence-corrected chi connectivity index (χ2v) is 9.67. The first-order valence-electron chi connectivity index (χ1n) is 12.9. The number of carbonyl (C=O) groups excluding carboxylic acids is 2. The molecule has 6 heteroatoms. The Labute approximate surface area is 230 Å². The minimum atomic E-state index is -0.614. The summed E-state index contributed by atoms with van der Waals surface area (Å²) in [6.45, 7) is 3.11. The Hall–Kier alpha value is -5.10. The molecule has 40 heavy (non-hydrogen) atoms. The van der Waals surface area contributed by atoms with E-state index in [0.717, 1.165) is 16.3 Å². The molecule has 0 aliphatic rings. The fourth-order valence-electron chi connectivity index (χ4n) is 5.27. The van der Waals surface area contributed by atoms with Gasteiger partial charge in [-0.2, -0.15) is 0 Å². The maximum atomic E-state index is 14.5. The Balaban J connectivity index is 1.32. The van der Waals surface area contributed by atoms with Crippen LogP contribution < -0.4 is 0 Å². The van der Waals surface area contributed by atoms with Crippen LogP contribution in [-0.2, 0) is 4.74 Å². The second-order valence-electron chi connectivity index (χ2n) is 9.67. The largest absolute Gasteiger partial charge is 0.454 e. The van der Waals surface area contributed by atoms with Crippen molar-refractivity contribution >= 4 is 33.4 Å². The minimum Gasteiger partial charge on any atom is -0.454 e. The number of esters is 1. The van der Waals surface area contributed by atoms with Gasteiger partial charge in [0.2, 0.25) is 5.78 Å². The quantitative estimate of drug-likeness (QED) is 0.165. The van der Waals surface area contributed by atoms with Crippen molar-refractivity contribution in [3.63, 3.8) is 0 Å². The third kappa shape index (κ3) is 4.43. The minimum absolute atomic E-state index is 0.332. The summed E-state index contributed by atoms with van der Waals surface area (Å²) in [4.78, 5) is 31.4. The molecule has 2 heterocycles. The van der Waals surface area contributed by atoms with Crippen molar-refractivity contribution in [1.29, 1.82) is 0 Å². The van der Waals surface area contributed by atoms with Crippen LogP contribution in [0.5, 0.6) is 0 Å². The highest BCUT2D eigenvalue weighted by atomic mass is 19.1. The second kappa shape index (κ2) is 10.2. The van der Waals surface area contributed by atoms with Gasteiger partial charge in [-0.1, -0.05) is 72.8 Å². The molecule has 0 radical (unpaired) electrons. The Bertz CT molecular complexity index is 1930. The molecular formula is C34H25FN2O3. The van der Waals surface area contributed by atoms with Crippen molar-refractivity contribution in [2.75, 3.05) is 6.61 Å². The fraction of sp³-hybridized carbons (Fsp3) is 0.0882. The highest BCUT2D eigenvalue weighted by Gasteiger charge is 2.21. The lowest BCUT2D eigenvalue weighted by molar-refractivity contribution is 0.0476. The van der Waals surface area contributed by atoms with Gasteiger partial charge in [0.05, 0.1) is 22.5 Å². The summed E-state index contributed by atoms with van der Waals surface area (Å²) in [7, 11) is 0. The summed E-state index contributed by atoms with van der Waals surface area (Å²) in [6, 6.07) is 31.2. The van der Waals surface area contributed by atoms with E-state index in [4.69, 9.17) is 9.72 Å². The van der Waals surface area contributed by atoms with E-state index < -0.39 is 12.6 Å². The average Bonchev–Trinajstić information content (AvgIpc) is 3.28. The lowest BCUT2D eigenvalue weighted by atomic mass is 9.99. The number of nitrogens with zero attached hydrogens (tertiary/aromatic N) is 2. The Kier molecular flexibility index (Phi) is 6.44. The van der Waals surface area contributed by atoms with Crippen molar-refractivity contribution in [2.45, 2.75) is 13.8 Å². The molecule has 0 bridgehead atoms. The van der Waals surface area contributed by atoms with E-state index >= 15 is 0 Å². The molecule has 0 saturated carbocycles. The smallest absolute Gasteiger partial charge is 0.339 e. The number of aromatic nitrogens is 2. The van der Waals surface area contributed by atoms with E-state index in [1.54, 1.807) is 48.7 Å². The topological polar surface area (TPSA) is 61.2 Å². The van der Waals surface area contributed by atoms with E-state index in [1.807, 2.05) is 66.7 Å². The van der Waals surface area contributed by atoms with E-state index in [1.165, 1.54) is 6.07 Å². The Morgan fingerprint density at radius 1 is 0.800 bits per heavy atom. The molecule has 0 aliphatic heterocycles. The molecule has 2 aromatic heterocycles. The SMILES string of the molecule is Cc1cc(C(=O)COC(=O)c2cc(-c3cccc4ccccc34)nc3ccccc23)c(C)n1-c1ccccc1F. The third-order valence-electron chi connectivity index (χ3n) is 7.16. The van der Waals surface area contributed by atoms with E-state index in [2.05, 4.69) is 0 Å². The molecule has 0 N–H and O–H groups in total. The predicted molar refractivity (Wildman–Crippen MR) is 154 cm³/mol. The highest BCUT2D eigenvalue weighted by Crippen LogP contribution is 2.31. The molecule has 6 aromatic rings. The number of hydrogen-bond acceptors (Lipinski definition) is 4. The summed E-state index contributed by atoms with van der Waals surface area (Å²) < 4.78 is 21.7. The molecule has 0 fully saturated rings. The van der Waals surface area contributed by atoms with E-state index in [-0.39, 0.29) is 11.6 Å².